The number of hydrogen-bond acceptors (Lipinski definition) is 9. The number of piperazine rings is 1. The number of benzene rings is 1. The van der Waals surface area contributed by atoms with E-state index in [4.69, 9.17) is 0 Å². The van der Waals surface area contributed by atoms with Gasteiger partial charge in [0.15, 0.2) is 5.01 Å². The molecule has 6 rings (SSSR count). The number of anilines is 1. The molecule has 3 heterocycles. The van der Waals surface area contributed by atoms with Crippen LogP contribution in [0.4, 0.5) is 14.5 Å². The van der Waals surface area contributed by atoms with Crippen molar-refractivity contribution in [3.8, 4) is 11.2 Å². The SMILES string of the molecule is N#CC1(NS(=O)(=O)c2cc(N3CCN(C(=O)C4CC4)CC3)c3cnn(-c4nnc(C(F)F)s4)c3c2)CC1. The first-order chi connectivity index (χ1) is 17.7. The van der Waals surface area contributed by atoms with Gasteiger partial charge in [-0.25, -0.2) is 21.9 Å². The first-order valence-corrected chi connectivity index (χ1v) is 14.1. The van der Waals surface area contributed by atoms with E-state index in [0.29, 0.717) is 66.9 Å². The lowest BCUT2D eigenvalue weighted by Gasteiger charge is -2.36. The highest BCUT2D eigenvalue weighted by molar-refractivity contribution is 7.89. The van der Waals surface area contributed by atoms with Gasteiger partial charge in [0.25, 0.3) is 6.43 Å². The van der Waals surface area contributed by atoms with Gasteiger partial charge < -0.3 is 9.80 Å². The Morgan fingerprint density at radius 1 is 1.19 bits per heavy atom. The molecule has 1 amide bonds. The van der Waals surface area contributed by atoms with Gasteiger partial charge in [0.1, 0.15) is 5.54 Å². The number of nitrogens with zero attached hydrogens (tertiary/aromatic N) is 7. The van der Waals surface area contributed by atoms with E-state index in [0.717, 1.165) is 12.8 Å². The lowest BCUT2D eigenvalue weighted by molar-refractivity contribution is -0.132. The van der Waals surface area contributed by atoms with Crippen LogP contribution in [0.2, 0.25) is 0 Å². The first-order valence-electron chi connectivity index (χ1n) is 11.8. The number of carbonyl (C=O) groups excluding carboxylic acids is 1. The van der Waals surface area contributed by atoms with Gasteiger partial charge in [0, 0.05) is 43.2 Å². The van der Waals surface area contributed by atoms with Crippen LogP contribution in [0.5, 0.6) is 0 Å². The Bertz CT molecular complexity index is 1530. The molecule has 0 spiro atoms. The highest BCUT2D eigenvalue weighted by atomic mass is 32.2. The largest absolute Gasteiger partial charge is 0.367 e. The number of halogens is 2. The number of rotatable bonds is 7. The number of alkyl halides is 2. The second-order valence-electron chi connectivity index (χ2n) is 9.54. The predicted molar refractivity (Wildman–Crippen MR) is 129 cm³/mol. The molecule has 37 heavy (non-hydrogen) atoms. The van der Waals surface area contributed by atoms with Gasteiger partial charge in [-0.15, -0.1) is 10.2 Å². The topological polar surface area (TPSA) is 137 Å². The quantitative estimate of drug-likeness (QED) is 0.475. The fraction of sp³-hybridized carbons (Fsp3) is 0.500. The molecule has 0 bridgehead atoms. The summed E-state index contributed by atoms with van der Waals surface area (Å²) in [7, 11) is -4.09. The molecule has 1 saturated heterocycles. The molecule has 194 valence electrons. The van der Waals surface area contributed by atoms with Crippen molar-refractivity contribution in [2.24, 2.45) is 5.92 Å². The standard InChI is InChI=1S/C22H22F2N8O3S2/c23-18(24)19-27-28-21(36-19)32-17-10-14(37(34,35)29-22(12-25)3-4-22)9-16(15(17)11-26-32)30-5-7-31(8-6-30)20(33)13-1-2-13/h9-11,13,18,29H,1-8H2. The molecule has 1 N–H and O–H groups in total. The van der Waals surface area contributed by atoms with Crippen LogP contribution in [0.3, 0.4) is 0 Å². The number of nitrogens with one attached hydrogen (secondary N) is 1. The Kier molecular flexibility index (Phi) is 5.66. The third-order valence-corrected chi connectivity index (χ3v) is 9.32. The predicted octanol–water partition coefficient (Wildman–Crippen LogP) is 2.21. The van der Waals surface area contributed by atoms with Gasteiger partial charge in [-0.3, -0.25) is 4.79 Å². The zero-order valence-corrected chi connectivity index (χ0v) is 21.1. The molecule has 2 aromatic heterocycles. The lowest BCUT2D eigenvalue weighted by atomic mass is 10.1. The van der Waals surface area contributed by atoms with E-state index < -0.39 is 27.0 Å². The van der Waals surface area contributed by atoms with E-state index in [1.165, 1.54) is 23.0 Å². The maximum atomic E-state index is 13.3. The van der Waals surface area contributed by atoms with Gasteiger partial charge in [0.2, 0.25) is 21.1 Å². The van der Waals surface area contributed by atoms with Gasteiger partial charge in [-0.05, 0) is 37.8 Å². The Balaban J connectivity index is 1.40. The third-order valence-electron chi connectivity index (χ3n) is 6.90. The summed E-state index contributed by atoms with van der Waals surface area (Å²) < 4.78 is 56.7. The monoisotopic (exact) mass is 548 g/mol. The zero-order chi connectivity index (χ0) is 25.9. The minimum absolute atomic E-state index is 0.0756. The molecular formula is C22H22F2N8O3S2. The van der Waals surface area contributed by atoms with Crippen molar-refractivity contribution >= 4 is 43.9 Å². The Morgan fingerprint density at radius 3 is 2.51 bits per heavy atom. The van der Waals surface area contributed by atoms with Crippen molar-refractivity contribution in [2.75, 3.05) is 31.1 Å². The molecule has 3 aliphatic rings. The van der Waals surface area contributed by atoms with Gasteiger partial charge >= 0.3 is 0 Å². The normalized spacial score (nSPS) is 19.4. The van der Waals surface area contributed by atoms with E-state index in [9.17, 15) is 27.3 Å². The van der Waals surface area contributed by atoms with E-state index in [-0.39, 0.29) is 21.9 Å². The van der Waals surface area contributed by atoms with Gasteiger partial charge in [-0.1, -0.05) is 11.3 Å². The minimum Gasteiger partial charge on any atom is -0.367 e. The van der Waals surface area contributed by atoms with Crippen LogP contribution < -0.4 is 9.62 Å². The van der Waals surface area contributed by atoms with Crippen molar-refractivity contribution < 1.29 is 22.0 Å². The second-order valence-corrected chi connectivity index (χ2v) is 12.2. The fourth-order valence-electron chi connectivity index (χ4n) is 4.49. The highest BCUT2D eigenvalue weighted by Crippen LogP contribution is 2.38. The first kappa shape index (κ1) is 24.1. The number of fused-ring (bicyclic) bond motifs is 1. The maximum absolute atomic E-state index is 13.3. The molecule has 0 radical (unpaired) electrons. The van der Waals surface area contributed by atoms with E-state index in [2.05, 4.69) is 20.0 Å². The molecule has 1 aliphatic heterocycles. The molecular weight excluding hydrogens is 526 g/mol. The summed E-state index contributed by atoms with van der Waals surface area (Å²) in [5, 5.41) is 21.3. The third kappa shape index (κ3) is 4.42. The highest BCUT2D eigenvalue weighted by Gasteiger charge is 2.47. The lowest BCUT2D eigenvalue weighted by Crippen LogP contribution is -2.49. The van der Waals surface area contributed by atoms with Crippen LogP contribution in [-0.4, -0.2) is 70.9 Å². The molecule has 15 heteroatoms. The van der Waals surface area contributed by atoms with Crippen LogP contribution >= 0.6 is 11.3 Å². The fourth-order valence-corrected chi connectivity index (χ4v) is 6.57. The smallest absolute Gasteiger partial charge is 0.291 e. The average Bonchev–Trinajstić information content (AvgIpc) is 3.78. The van der Waals surface area contributed by atoms with Crippen molar-refractivity contribution in [2.45, 2.75) is 42.5 Å². The molecule has 2 aliphatic carbocycles. The van der Waals surface area contributed by atoms with Gasteiger partial charge in [0.05, 0.1) is 22.7 Å². The number of nitriles is 1. The summed E-state index contributed by atoms with van der Waals surface area (Å²) in [4.78, 5) is 16.3. The molecule has 0 atom stereocenters. The van der Waals surface area contributed by atoms with Crippen LogP contribution in [-0.2, 0) is 14.8 Å². The Labute approximate surface area is 214 Å². The van der Waals surface area contributed by atoms with Crippen LogP contribution in [0.25, 0.3) is 16.0 Å². The summed E-state index contributed by atoms with van der Waals surface area (Å²) in [5.74, 6) is 0.284. The minimum atomic E-state index is -4.09. The zero-order valence-electron chi connectivity index (χ0n) is 19.5. The Morgan fingerprint density at radius 2 is 1.92 bits per heavy atom. The molecule has 0 unspecified atom stereocenters. The van der Waals surface area contributed by atoms with Gasteiger partial charge in [-0.2, -0.15) is 15.1 Å². The second kappa shape index (κ2) is 8.67. The van der Waals surface area contributed by atoms with Crippen LogP contribution in [0.1, 0.15) is 37.1 Å². The number of amides is 1. The van der Waals surface area contributed by atoms with E-state index >= 15 is 0 Å². The average molecular weight is 549 g/mol. The molecule has 11 nitrogen and oxygen atoms in total. The molecule has 3 aromatic rings. The van der Waals surface area contributed by atoms with E-state index in [1.54, 1.807) is 0 Å². The number of aromatic nitrogens is 4. The summed E-state index contributed by atoms with van der Waals surface area (Å²) in [6, 6.07) is 4.96. The van der Waals surface area contributed by atoms with Crippen molar-refractivity contribution in [3.63, 3.8) is 0 Å². The van der Waals surface area contributed by atoms with Crippen molar-refractivity contribution in [1.82, 2.24) is 29.6 Å². The summed E-state index contributed by atoms with van der Waals surface area (Å²) in [6.45, 7) is 2.00. The summed E-state index contributed by atoms with van der Waals surface area (Å²) >= 11 is 0.666. The van der Waals surface area contributed by atoms with Crippen LogP contribution in [0.15, 0.2) is 23.2 Å². The van der Waals surface area contributed by atoms with Crippen LogP contribution in [0, 0.1) is 17.2 Å². The number of hydrogen-bond donors (Lipinski definition) is 1. The molecule has 3 fully saturated rings. The Hall–Kier alpha value is -3.22. The number of carbonyl (C=O) groups is 1. The maximum Gasteiger partial charge on any atom is 0.291 e. The van der Waals surface area contributed by atoms with Crippen molar-refractivity contribution in [3.05, 3.63) is 23.3 Å². The molecule has 1 aromatic carbocycles. The summed E-state index contributed by atoms with van der Waals surface area (Å²) in [6.07, 6.45) is 1.45. The van der Waals surface area contributed by atoms with Crippen molar-refractivity contribution in [1.29, 1.82) is 5.26 Å². The summed E-state index contributed by atoms with van der Waals surface area (Å²) in [5.41, 5.74) is -0.176. The number of sulfonamides is 1. The molecule has 2 saturated carbocycles. The van der Waals surface area contributed by atoms with E-state index in [1.807, 2.05) is 15.9 Å².